The number of carbonyl (C=O) groups excluding carboxylic acids is 2. The van der Waals surface area contributed by atoms with Gasteiger partial charge in [-0.15, -0.1) is 0 Å². The molecular formula is C16H20O6. The monoisotopic (exact) mass is 308 g/mol. The van der Waals surface area contributed by atoms with Crippen molar-refractivity contribution in [3.8, 4) is 0 Å². The van der Waals surface area contributed by atoms with E-state index in [0.717, 1.165) is 5.56 Å². The summed E-state index contributed by atoms with van der Waals surface area (Å²) in [6.45, 7) is 1.82. The Morgan fingerprint density at radius 1 is 1.23 bits per heavy atom. The van der Waals surface area contributed by atoms with Gasteiger partial charge in [0.25, 0.3) is 0 Å². The molecule has 0 spiro atoms. The van der Waals surface area contributed by atoms with Crippen LogP contribution in [0.1, 0.15) is 18.9 Å². The van der Waals surface area contributed by atoms with E-state index >= 15 is 0 Å². The molecule has 6 nitrogen and oxygen atoms in total. The van der Waals surface area contributed by atoms with E-state index in [1.165, 1.54) is 14.0 Å². The minimum Gasteiger partial charge on any atom is -0.467 e. The number of methoxy groups -OCH3 is 1. The van der Waals surface area contributed by atoms with Crippen molar-refractivity contribution < 1.29 is 28.5 Å². The molecule has 6 heteroatoms. The lowest BCUT2D eigenvalue weighted by atomic mass is 10.0. The summed E-state index contributed by atoms with van der Waals surface area (Å²) in [7, 11) is 1.31. The quantitative estimate of drug-likeness (QED) is 0.767. The van der Waals surface area contributed by atoms with E-state index in [9.17, 15) is 9.59 Å². The predicted octanol–water partition coefficient (Wildman–Crippen LogP) is 1.47. The second-order valence-electron chi connectivity index (χ2n) is 5.06. The number of rotatable bonds is 5. The van der Waals surface area contributed by atoms with Gasteiger partial charge in [-0.05, 0) is 5.56 Å². The van der Waals surface area contributed by atoms with Crippen LogP contribution >= 0.6 is 0 Å². The number of benzene rings is 1. The van der Waals surface area contributed by atoms with Gasteiger partial charge in [-0.25, -0.2) is 4.79 Å². The summed E-state index contributed by atoms with van der Waals surface area (Å²) in [5, 5.41) is 0. The number of ether oxygens (including phenoxy) is 4. The van der Waals surface area contributed by atoms with Crippen LogP contribution in [0.5, 0.6) is 0 Å². The van der Waals surface area contributed by atoms with Gasteiger partial charge in [0, 0.05) is 13.3 Å². The fourth-order valence-corrected chi connectivity index (χ4v) is 2.32. The average molecular weight is 308 g/mol. The van der Waals surface area contributed by atoms with Crippen LogP contribution in [0.15, 0.2) is 30.3 Å². The lowest BCUT2D eigenvalue weighted by Crippen LogP contribution is -2.47. The Labute approximate surface area is 129 Å². The first kappa shape index (κ1) is 16.5. The zero-order valence-electron chi connectivity index (χ0n) is 12.7. The first-order chi connectivity index (χ1) is 10.6. The van der Waals surface area contributed by atoms with Crippen molar-refractivity contribution in [3.05, 3.63) is 35.9 Å². The van der Waals surface area contributed by atoms with Crippen molar-refractivity contribution in [1.82, 2.24) is 0 Å². The van der Waals surface area contributed by atoms with Crippen molar-refractivity contribution in [2.24, 2.45) is 0 Å². The largest absolute Gasteiger partial charge is 0.467 e. The Hall–Kier alpha value is -1.92. The number of esters is 2. The van der Waals surface area contributed by atoms with E-state index in [4.69, 9.17) is 14.2 Å². The molecule has 1 fully saturated rings. The highest BCUT2D eigenvalue weighted by Crippen LogP contribution is 2.22. The highest BCUT2D eigenvalue weighted by Gasteiger charge is 2.37. The first-order valence-electron chi connectivity index (χ1n) is 7.12. The molecule has 22 heavy (non-hydrogen) atoms. The fourth-order valence-electron chi connectivity index (χ4n) is 2.32. The Balaban J connectivity index is 1.99. The molecule has 120 valence electrons. The second kappa shape index (κ2) is 7.91. The van der Waals surface area contributed by atoms with Crippen molar-refractivity contribution >= 4 is 11.9 Å². The minimum absolute atomic E-state index is 0.110. The molecule has 1 aromatic carbocycles. The van der Waals surface area contributed by atoms with Crippen LogP contribution in [0.4, 0.5) is 0 Å². The van der Waals surface area contributed by atoms with Crippen LogP contribution in [-0.4, -0.2) is 44.0 Å². The van der Waals surface area contributed by atoms with Gasteiger partial charge < -0.3 is 18.9 Å². The van der Waals surface area contributed by atoms with Crippen molar-refractivity contribution in [2.75, 3.05) is 13.7 Å². The van der Waals surface area contributed by atoms with E-state index in [1.807, 2.05) is 30.3 Å². The summed E-state index contributed by atoms with van der Waals surface area (Å²) >= 11 is 0. The minimum atomic E-state index is -0.697. The van der Waals surface area contributed by atoms with E-state index in [1.54, 1.807) is 0 Å². The average Bonchev–Trinajstić information content (AvgIpc) is 2.53. The van der Waals surface area contributed by atoms with E-state index < -0.39 is 30.3 Å². The number of carbonyl (C=O) groups is 2. The summed E-state index contributed by atoms with van der Waals surface area (Å²) in [5.74, 6) is -0.854. The molecule has 1 heterocycles. The van der Waals surface area contributed by atoms with Gasteiger partial charge in [0.1, 0.15) is 6.10 Å². The molecule has 0 N–H and O–H groups in total. The third-order valence-electron chi connectivity index (χ3n) is 3.41. The third-order valence-corrected chi connectivity index (χ3v) is 3.41. The maximum atomic E-state index is 11.6. The molecule has 0 aliphatic carbocycles. The van der Waals surface area contributed by atoms with Crippen LogP contribution in [-0.2, 0) is 35.1 Å². The highest BCUT2D eigenvalue weighted by molar-refractivity contribution is 5.74. The standard InChI is InChI=1S/C16H20O6/c1-11(17)22-15-10-21-14(16(18)19-2)8-13(15)20-9-12-6-4-3-5-7-12/h3-7,13-15H,8-10H2,1-2H3. The molecule has 1 saturated heterocycles. The molecule has 0 bridgehead atoms. The Bertz CT molecular complexity index is 501. The molecule has 0 radical (unpaired) electrons. The van der Waals surface area contributed by atoms with Gasteiger partial charge in [0.15, 0.2) is 12.2 Å². The molecule has 1 aliphatic rings. The summed E-state index contributed by atoms with van der Waals surface area (Å²) in [4.78, 5) is 22.8. The molecule has 3 unspecified atom stereocenters. The Morgan fingerprint density at radius 2 is 1.95 bits per heavy atom. The summed E-state index contributed by atoms with van der Waals surface area (Å²) in [6, 6.07) is 9.65. The molecule has 2 rings (SSSR count). The second-order valence-corrected chi connectivity index (χ2v) is 5.06. The van der Waals surface area contributed by atoms with Crippen LogP contribution in [0, 0.1) is 0 Å². The van der Waals surface area contributed by atoms with Gasteiger partial charge in [-0.1, -0.05) is 30.3 Å². The maximum absolute atomic E-state index is 11.6. The summed E-state index contributed by atoms with van der Waals surface area (Å²) in [5.41, 5.74) is 1.00. The van der Waals surface area contributed by atoms with Crippen LogP contribution in [0.3, 0.4) is 0 Å². The molecular weight excluding hydrogens is 288 g/mol. The van der Waals surface area contributed by atoms with Gasteiger partial charge >= 0.3 is 11.9 Å². The molecule has 0 amide bonds. The van der Waals surface area contributed by atoms with E-state index in [0.29, 0.717) is 6.61 Å². The van der Waals surface area contributed by atoms with Gasteiger partial charge in [0.2, 0.25) is 0 Å². The predicted molar refractivity (Wildman–Crippen MR) is 76.9 cm³/mol. The van der Waals surface area contributed by atoms with Crippen molar-refractivity contribution in [1.29, 1.82) is 0 Å². The van der Waals surface area contributed by atoms with E-state index in [2.05, 4.69) is 4.74 Å². The normalized spacial score (nSPS) is 24.5. The van der Waals surface area contributed by atoms with Gasteiger partial charge in [-0.3, -0.25) is 4.79 Å². The molecule has 3 atom stereocenters. The van der Waals surface area contributed by atoms with Gasteiger partial charge in [0.05, 0.1) is 20.3 Å². The molecule has 1 aromatic rings. The van der Waals surface area contributed by atoms with Crippen LogP contribution < -0.4 is 0 Å². The summed E-state index contributed by atoms with van der Waals surface area (Å²) in [6.07, 6.45) is -1.35. The smallest absolute Gasteiger partial charge is 0.335 e. The van der Waals surface area contributed by atoms with Crippen LogP contribution in [0.25, 0.3) is 0 Å². The lowest BCUT2D eigenvalue weighted by Gasteiger charge is -2.34. The lowest BCUT2D eigenvalue weighted by molar-refractivity contribution is -0.192. The topological polar surface area (TPSA) is 71.1 Å². The zero-order chi connectivity index (χ0) is 15.9. The first-order valence-corrected chi connectivity index (χ1v) is 7.12. The number of hydrogen-bond donors (Lipinski definition) is 0. The number of hydrogen-bond acceptors (Lipinski definition) is 6. The Morgan fingerprint density at radius 3 is 2.59 bits per heavy atom. The summed E-state index contributed by atoms with van der Waals surface area (Å²) < 4.78 is 21.1. The molecule has 0 aromatic heterocycles. The van der Waals surface area contributed by atoms with Crippen molar-refractivity contribution in [2.45, 2.75) is 38.3 Å². The van der Waals surface area contributed by atoms with Crippen molar-refractivity contribution in [3.63, 3.8) is 0 Å². The zero-order valence-corrected chi connectivity index (χ0v) is 12.7. The molecule has 1 aliphatic heterocycles. The SMILES string of the molecule is COC(=O)C1CC(OCc2ccccc2)C(OC(C)=O)CO1. The molecule has 0 saturated carbocycles. The van der Waals surface area contributed by atoms with E-state index in [-0.39, 0.29) is 13.0 Å². The van der Waals surface area contributed by atoms with Gasteiger partial charge in [-0.2, -0.15) is 0 Å². The third kappa shape index (κ3) is 4.54. The highest BCUT2D eigenvalue weighted by atomic mass is 16.6. The fraction of sp³-hybridized carbons (Fsp3) is 0.500. The maximum Gasteiger partial charge on any atom is 0.335 e. The van der Waals surface area contributed by atoms with Crippen LogP contribution in [0.2, 0.25) is 0 Å². The Kier molecular flexibility index (Phi) is 5.91.